The molecule has 1 aliphatic heterocycles. The fraction of sp³-hybridized carbons (Fsp3) is 0.467. The van der Waals surface area contributed by atoms with Crippen molar-refractivity contribution in [3.05, 3.63) is 36.0 Å². The molecule has 23 heavy (non-hydrogen) atoms. The molecule has 0 bridgehead atoms. The number of nitrogens with one attached hydrogen (secondary N) is 1. The van der Waals surface area contributed by atoms with Gasteiger partial charge >= 0.3 is 0 Å². The van der Waals surface area contributed by atoms with Gasteiger partial charge in [0.1, 0.15) is 23.4 Å². The maximum absolute atomic E-state index is 12.2. The number of aryl methyl sites for hydroxylation is 1. The van der Waals surface area contributed by atoms with Crippen LogP contribution in [0.25, 0.3) is 0 Å². The topological polar surface area (TPSA) is 98.2 Å². The zero-order valence-electron chi connectivity index (χ0n) is 13.2. The second-order valence-electron chi connectivity index (χ2n) is 6.05. The summed E-state index contributed by atoms with van der Waals surface area (Å²) in [5.41, 5.74) is 0.345. The molecule has 1 saturated heterocycles. The first-order valence-corrected chi connectivity index (χ1v) is 7.48. The number of hydrogen-bond acceptors (Lipinski definition) is 6. The first-order chi connectivity index (χ1) is 11.0. The molecule has 8 heteroatoms. The van der Waals surface area contributed by atoms with Gasteiger partial charge in [0, 0.05) is 38.1 Å². The minimum Gasteiger partial charge on any atom is -0.386 e. The van der Waals surface area contributed by atoms with Gasteiger partial charge < -0.3 is 14.9 Å². The van der Waals surface area contributed by atoms with Crippen molar-refractivity contribution in [2.45, 2.75) is 18.9 Å². The molecular weight excluding hydrogens is 296 g/mol. The van der Waals surface area contributed by atoms with Crippen LogP contribution in [0, 0.1) is 6.92 Å². The third-order valence-corrected chi connectivity index (χ3v) is 4.05. The minimum absolute atomic E-state index is 0.188. The maximum atomic E-state index is 12.2. The van der Waals surface area contributed by atoms with Gasteiger partial charge in [-0.3, -0.25) is 9.89 Å². The van der Waals surface area contributed by atoms with Crippen molar-refractivity contribution in [3.8, 4) is 0 Å². The highest BCUT2D eigenvalue weighted by Gasteiger charge is 2.38. The van der Waals surface area contributed by atoms with Crippen molar-refractivity contribution in [1.82, 2.24) is 25.1 Å². The van der Waals surface area contributed by atoms with E-state index in [0.717, 1.165) is 11.5 Å². The Morgan fingerprint density at radius 2 is 2.35 bits per heavy atom. The smallest absolute Gasteiger partial charge is 0.271 e. The molecule has 1 unspecified atom stereocenters. The van der Waals surface area contributed by atoms with Gasteiger partial charge in [-0.1, -0.05) is 0 Å². The molecule has 8 nitrogen and oxygen atoms in total. The van der Waals surface area contributed by atoms with E-state index in [1.54, 1.807) is 13.1 Å². The lowest BCUT2D eigenvalue weighted by molar-refractivity contribution is 0.0262. The molecule has 1 aliphatic rings. The SMILES string of the molecule is Cc1cc(N2CCC(O)(CN(C)C(=O)c3ccn[nH]3)C2)ncn1. The molecule has 0 radical (unpaired) electrons. The van der Waals surface area contributed by atoms with Gasteiger partial charge in [0.2, 0.25) is 0 Å². The van der Waals surface area contributed by atoms with Crippen LogP contribution < -0.4 is 4.90 Å². The summed E-state index contributed by atoms with van der Waals surface area (Å²) in [6.07, 6.45) is 3.64. The van der Waals surface area contributed by atoms with Gasteiger partial charge in [0.25, 0.3) is 5.91 Å². The van der Waals surface area contributed by atoms with Gasteiger partial charge in [-0.2, -0.15) is 5.10 Å². The van der Waals surface area contributed by atoms with Crippen molar-refractivity contribution in [3.63, 3.8) is 0 Å². The van der Waals surface area contributed by atoms with Crippen LogP contribution in [0.4, 0.5) is 5.82 Å². The van der Waals surface area contributed by atoms with Crippen molar-refractivity contribution in [1.29, 1.82) is 0 Å². The quantitative estimate of drug-likeness (QED) is 0.837. The van der Waals surface area contributed by atoms with Gasteiger partial charge in [-0.25, -0.2) is 9.97 Å². The summed E-state index contributed by atoms with van der Waals surface area (Å²) in [6.45, 7) is 3.29. The predicted molar refractivity (Wildman–Crippen MR) is 84.1 cm³/mol. The van der Waals surface area contributed by atoms with Gasteiger partial charge in [0.05, 0.1) is 6.54 Å². The van der Waals surface area contributed by atoms with E-state index in [4.69, 9.17) is 0 Å². The summed E-state index contributed by atoms with van der Waals surface area (Å²) in [6, 6.07) is 3.51. The Morgan fingerprint density at radius 1 is 1.52 bits per heavy atom. The monoisotopic (exact) mass is 316 g/mol. The molecule has 3 rings (SSSR count). The molecule has 1 fully saturated rings. The molecule has 1 atom stereocenters. The van der Waals surface area contributed by atoms with E-state index >= 15 is 0 Å². The summed E-state index contributed by atoms with van der Waals surface area (Å²) >= 11 is 0. The van der Waals surface area contributed by atoms with Crippen molar-refractivity contribution in [2.75, 3.05) is 31.6 Å². The lowest BCUT2D eigenvalue weighted by Gasteiger charge is -2.29. The van der Waals surface area contributed by atoms with Crippen LogP contribution in [0.5, 0.6) is 0 Å². The van der Waals surface area contributed by atoms with E-state index in [0.29, 0.717) is 25.2 Å². The molecule has 1 amide bonds. The van der Waals surface area contributed by atoms with Crippen LogP contribution in [0.1, 0.15) is 22.6 Å². The van der Waals surface area contributed by atoms with Crippen molar-refractivity contribution in [2.24, 2.45) is 0 Å². The number of aromatic amines is 1. The van der Waals surface area contributed by atoms with E-state index in [1.165, 1.54) is 17.4 Å². The molecule has 0 spiro atoms. The highest BCUT2D eigenvalue weighted by atomic mass is 16.3. The van der Waals surface area contributed by atoms with Crippen LogP contribution in [-0.2, 0) is 0 Å². The van der Waals surface area contributed by atoms with Crippen LogP contribution in [-0.4, -0.2) is 68.4 Å². The Morgan fingerprint density at radius 3 is 3.04 bits per heavy atom. The second-order valence-corrected chi connectivity index (χ2v) is 6.05. The third kappa shape index (κ3) is 3.31. The molecule has 2 aromatic rings. The highest BCUT2D eigenvalue weighted by Crippen LogP contribution is 2.26. The van der Waals surface area contributed by atoms with Crippen LogP contribution >= 0.6 is 0 Å². The van der Waals surface area contributed by atoms with Crippen molar-refractivity contribution < 1.29 is 9.90 Å². The molecular formula is C15H20N6O2. The number of amides is 1. The zero-order chi connectivity index (χ0) is 16.4. The van der Waals surface area contributed by atoms with E-state index < -0.39 is 5.60 Å². The minimum atomic E-state index is -0.955. The number of hydrogen-bond donors (Lipinski definition) is 2. The number of carbonyl (C=O) groups excluding carboxylic acids is 1. The Balaban J connectivity index is 1.65. The molecule has 2 aromatic heterocycles. The first kappa shape index (κ1) is 15.4. The van der Waals surface area contributed by atoms with E-state index in [2.05, 4.69) is 20.2 Å². The third-order valence-electron chi connectivity index (χ3n) is 4.05. The lowest BCUT2D eigenvalue weighted by atomic mass is 10.0. The summed E-state index contributed by atoms with van der Waals surface area (Å²) in [7, 11) is 1.68. The zero-order valence-corrected chi connectivity index (χ0v) is 13.2. The molecule has 122 valence electrons. The normalized spacial score (nSPS) is 20.7. The summed E-state index contributed by atoms with van der Waals surface area (Å²) < 4.78 is 0. The number of nitrogens with zero attached hydrogens (tertiary/aromatic N) is 5. The molecule has 0 aromatic carbocycles. The fourth-order valence-corrected chi connectivity index (χ4v) is 2.89. The maximum Gasteiger partial charge on any atom is 0.271 e. The average molecular weight is 316 g/mol. The largest absolute Gasteiger partial charge is 0.386 e. The van der Waals surface area contributed by atoms with Gasteiger partial charge in [-0.15, -0.1) is 0 Å². The average Bonchev–Trinajstić information content (AvgIpc) is 3.16. The molecule has 0 aliphatic carbocycles. The standard InChI is InChI=1S/C15H20N6O2/c1-11-7-13(17-10-16-11)21-6-4-15(23,9-21)8-20(2)14(22)12-3-5-18-19-12/h3,5,7,10,23H,4,6,8-9H2,1-2H3,(H,18,19). The molecule has 0 saturated carbocycles. The Labute approximate surface area is 134 Å². The number of likely N-dealkylation sites (N-methyl/N-ethyl adjacent to an activating group) is 1. The number of anilines is 1. The summed E-state index contributed by atoms with van der Waals surface area (Å²) in [4.78, 5) is 24.1. The summed E-state index contributed by atoms with van der Waals surface area (Å²) in [5, 5.41) is 17.2. The van der Waals surface area contributed by atoms with Gasteiger partial charge in [-0.05, 0) is 19.4 Å². The van der Waals surface area contributed by atoms with E-state index in [1.807, 2.05) is 17.9 Å². The second kappa shape index (κ2) is 5.96. The van der Waals surface area contributed by atoms with Gasteiger partial charge in [0.15, 0.2) is 0 Å². The predicted octanol–water partition coefficient (Wildman–Crippen LogP) is 0.222. The molecule has 2 N–H and O–H groups in total. The first-order valence-electron chi connectivity index (χ1n) is 7.48. The van der Waals surface area contributed by atoms with Crippen LogP contribution in [0.2, 0.25) is 0 Å². The lowest BCUT2D eigenvalue weighted by Crippen LogP contribution is -2.46. The number of H-pyrrole nitrogens is 1. The number of aliphatic hydroxyl groups is 1. The number of aromatic nitrogens is 4. The number of rotatable bonds is 4. The molecule has 3 heterocycles. The number of β-amino-alcohol motifs (C(OH)–C–C–N with tert-alkyl or cyclic N) is 1. The Kier molecular flexibility index (Phi) is 3.99. The Bertz CT molecular complexity index is 689. The fourth-order valence-electron chi connectivity index (χ4n) is 2.89. The number of carbonyl (C=O) groups is 1. The summed E-state index contributed by atoms with van der Waals surface area (Å²) in [5.74, 6) is 0.614. The van der Waals surface area contributed by atoms with Crippen LogP contribution in [0.15, 0.2) is 24.7 Å². The Hall–Kier alpha value is -2.48. The van der Waals surface area contributed by atoms with Crippen molar-refractivity contribution >= 4 is 11.7 Å². The van der Waals surface area contributed by atoms with E-state index in [9.17, 15) is 9.90 Å². The van der Waals surface area contributed by atoms with E-state index in [-0.39, 0.29) is 12.5 Å². The van der Waals surface area contributed by atoms with Crippen LogP contribution in [0.3, 0.4) is 0 Å². The highest BCUT2D eigenvalue weighted by molar-refractivity contribution is 5.92.